The lowest BCUT2D eigenvalue weighted by atomic mass is 9.93. The van der Waals surface area contributed by atoms with Gasteiger partial charge >= 0.3 is 0 Å². The van der Waals surface area contributed by atoms with Crippen molar-refractivity contribution in [3.63, 3.8) is 0 Å². The molecular weight excluding hydrogens is 403 g/mol. The molecule has 2 aromatic carbocycles. The average Bonchev–Trinajstić information content (AvgIpc) is 2.59. The second kappa shape index (κ2) is 7.81. The molecule has 0 fully saturated rings. The number of amides is 2. The zero-order valence-electron chi connectivity index (χ0n) is 15.3. The van der Waals surface area contributed by atoms with Gasteiger partial charge in [0, 0.05) is 10.7 Å². The third-order valence-electron chi connectivity index (χ3n) is 4.12. The summed E-state index contributed by atoms with van der Waals surface area (Å²) in [6.45, 7) is 3.44. The predicted molar refractivity (Wildman–Crippen MR) is 108 cm³/mol. The molecule has 146 valence electrons. The van der Waals surface area contributed by atoms with Gasteiger partial charge in [-0.05, 0) is 50.2 Å². The summed E-state index contributed by atoms with van der Waals surface area (Å²) < 4.78 is 5.78. The lowest BCUT2D eigenvalue weighted by Gasteiger charge is -2.31. The molecule has 0 unspecified atom stereocenters. The van der Waals surface area contributed by atoms with Crippen LogP contribution < -0.4 is 15.4 Å². The van der Waals surface area contributed by atoms with Gasteiger partial charge in [-0.3, -0.25) is 14.4 Å². The Hall–Kier alpha value is -2.57. The number of rotatable bonds is 4. The number of nitrogens with one attached hydrogen (secondary N) is 2. The predicted octanol–water partition coefficient (Wildman–Crippen LogP) is 4.11. The van der Waals surface area contributed by atoms with Crippen LogP contribution in [0, 0.1) is 0 Å². The molecule has 0 radical (unpaired) electrons. The van der Waals surface area contributed by atoms with Gasteiger partial charge in [-0.15, -0.1) is 0 Å². The van der Waals surface area contributed by atoms with E-state index in [0.29, 0.717) is 22.0 Å². The lowest BCUT2D eigenvalue weighted by molar-refractivity contribution is -0.115. The van der Waals surface area contributed by atoms with Gasteiger partial charge in [-0.2, -0.15) is 0 Å². The minimum Gasteiger partial charge on any atom is -0.487 e. The van der Waals surface area contributed by atoms with Crippen LogP contribution in [0.2, 0.25) is 10.0 Å². The number of carbonyl (C=O) groups excluding carboxylic acids is 3. The molecule has 2 aromatic rings. The highest BCUT2D eigenvalue weighted by atomic mass is 35.5. The van der Waals surface area contributed by atoms with Crippen molar-refractivity contribution in [2.45, 2.75) is 25.9 Å². The van der Waals surface area contributed by atoms with Gasteiger partial charge < -0.3 is 15.4 Å². The van der Waals surface area contributed by atoms with Gasteiger partial charge in [0.2, 0.25) is 5.91 Å². The minimum absolute atomic E-state index is 0.0481. The highest BCUT2D eigenvalue weighted by molar-refractivity contribution is 6.36. The highest BCUT2D eigenvalue weighted by Crippen LogP contribution is 2.34. The first kappa shape index (κ1) is 20.2. The molecule has 8 heteroatoms. The van der Waals surface area contributed by atoms with Crippen LogP contribution in [0.25, 0.3) is 0 Å². The Morgan fingerprint density at radius 1 is 1.14 bits per heavy atom. The number of halogens is 2. The van der Waals surface area contributed by atoms with Crippen LogP contribution in [0.1, 0.15) is 41.0 Å². The maximum Gasteiger partial charge on any atom is 0.253 e. The number of carbonyl (C=O) groups is 3. The molecule has 1 heterocycles. The van der Waals surface area contributed by atoms with Crippen molar-refractivity contribution in [2.24, 2.45) is 0 Å². The molecular formula is C20H18Cl2N2O4. The molecule has 0 spiro atoms. The summed E-state index contributed by atoms with van der Waals surface area (Å²) >= 11 is 11.8. The summed E-state index contributed by atoms with van der Waals surface area (Å²) in [6.07, 6.45) is 0.259. The first-order valence-corrected chi connectivity index (χ1v) is 9.29. The van der Waals surface area contributed by atoms with E-state index in [1.165, 1.54) is 18.2 Å². The number of ether oxygens (including phenoxy) is 1. The van der Waals surface area contributed by atoms with E-state index in [9.17, 15) is 14.4 Å². The third kappa shape index (κ3) is 4.64. The van der Waals surface area contributed by atoms with Gasteiger partial charge in [-0.1, -0.05) is 23.2 Å². The number of benzene rings is 2. The third-order valence-corrected chi connectivity index (χ3v) is 4.67. The van der Waals surface area contributed by atoms with Crippen molar-refractivity contribution in [2.75, 3.05) is 11.9 Å². The van der Waals surface area contributed by atoms with Crippen molar-refractivity contribution in [1.82, 2.24) is 5.32 Å². The van der Waals surface area contributed by atoms with Gasteiger partial charge in [-0.25, -0.2) is 0 Å². The normalized spacial score (nSPS) is 14.6. The number of hydrogen-bond donors (Lipinski definition) is 2. The van der Waals surface area contributed by atoms with Crippen molar-refractivity contribution >= 4 is 46.5 Å². The maximum absolute atomic E-state index is 12.3. The van der Waals surface area contributed by atoms with Crippen molar-refractivity contribution < 1.29 is 19.1 Å². The summed E-state index contributed by atoms with van der Waals surface area (Å²) in [5.74, 6) is -0.492. The summed E-state index contributed by atoms with van der Waals surface area (Å²) in [4.78, 5) is 36.6. The van der Waals surface area contributed by atoms with Crippen LogP contribution in [0.3, 0.4) is 0 Å². The maximum atomic E-state index is 12.3. The molecule has 2 N–H and O–H groups in total. The van der Waals surface area contributed by atoms with Crippen LogP contribution in [-0.4, -0.2) is 29.7 Å². The monoisotopic (exact) mass is 420 g/mol. The van der Waals surface area contributed by atoms with E-state index in [0.717, 1.165) is 0 Å². The molecule has 0 aromatic heterocycles. The van der Waals surface area contributed by atoms with E-state index in [1.54, 1.807) is 18.2 Å². The Labute approximate surface area is 172 Å². The Kier molecular flexibility index (Phi) is 5.63. The van der Waals surface area contributed by atoms with E-state index in [4.69, 9.17) is 27.9 Å². The Bertz CT molecular complexity index is 973. The van der Waals surface area contributed by atoms with Crippen LogP contribution in [0.15, 0.2) is 36.4 Å². The zero-order chi connectivity index (χ0) is 20.5. The summed E-state index contributed by atoms with van der Waals surface area (Å²) in [5, 5.41) is 5.75. The molecule has 6 nitrogen and oxygen atoms in total. The van der Waals surface area contributed by atoms with E-state index >= 15 is 0 Å². The van der Waals surface area contributed by atoms with E-state index < -0.39 is 17.4 Å². The molecule has 0 atom stereocenters. The Morgan fingerprint density at radius 2 is 1.89 bits per heavy atom. The van der Waals surface area contributed by atoms with Crippen LogP contribution >= 0.6 is 23.2 Å². The van der Waals surface area contributed by atoms with Gasteiger partial charge in [0.25, 0.3) is 5.91 Å². The number of hydrogen-bond acceptors (Lipinski definition) is 4. The van der Waals surface area contributed by atoms with Crippen molar-refractivity contribution in [1.29, 1.82) is 0 Å². The van der Waals surface area contributed by atoms with Crippen LogP contribution in [-0.2, 0) is 4.79 Å². The van der Waals surface area contributed by atoms with E-state index in [2.05, 4.69) is 10.6 Å². The molecule has 3 rings (SSSR count). The first-order valence-electron chi connectivity index (χ1n) is 8.54. The molecule has 28 heavy (non-hydrogen) atoms. The fourth-order valence-corrected chi connectivity index (χ4v) is 3.36. The largest absolute Gasteiger partial charge is 0.487 e. The minimum atomic E-state index is -0.554. The standard InChI is InChI=1S/C20H18Cl2N2O4/c1-20(2)9-16(25)14-8-12(4-6-17(14)28-20)24-18(26)10-23-19(27)13-5-3-11(21)7-15(13)22/h3-8H,9-10H2,1-2H3,(H,23,27)(H,24,26). The second-order valence-corrected chi connectivity index (χ2v) is 7.87. The Morgan fingerprint density at radius 3 is 2.61 bits per heavy atom. The van der Waals surface area contributed by atoms with Gasteiger partial charge in [0.15, 0.2) is 5.78 Å². The van der Waals surface area contributed by atoms with Gasteiger partial charge in [0.05, 0.1) is 29.1 Å². The number of fused-ring (bicyclic) bond motifs is 1. The number of Topliss-reactive ketones (excluding diaryl/α,β-unsaturated/α-hetero) is 1. The first-order chi connectivity index (χ1) is 13.1. The topological polar surface area (TPSA) is 84.5 Å². The van der Waals surface area contributed by atoms with Crippen molar-refractivity contribution in [3.05, 3.63) is 57.6 Å². The molecule has 0 aliphatic carbocycles. The van der Waals surface area contributed by atoms with E-state index in [1.807, 2.05) is 13.8 Å². The number of ketones is 1. The molecule has 1 aliphatic rings. The molecule has 1 aliphatic heterocycles. The smallest absolute Gasteiger partial charge is 0.253 e. The van der Waals surface area contributed by atoms with Crippen LogP contribution in [0.4, 0.5) is 5.69 Å². The SMILES string of the molecule is CC1(C)CC(=O)c2cc(NC(=O)CNC(=O)c3ccc(Cl)cc3Cl)ccc2O1. The average molecular weight is 421 g/mol. The lowest BCUT2D eigenvalue weighted by Crippen LogP contribution is -2.36. The quantitative estimate of drug-likeness (QED) is 0.779. The van der Waals surface area contributed by atoms with Crippen molar-refractivity contribution in [3.8, 4) is 5.75 Å². The second-order valence-electron chi connectivity index (χ2n) is 7.03. The number of anilines is 1. The molecule has 0 saturated heterocycles. The summed E-state index contributed by atoms with van der Waals surface area (Å²) in [5.41, 5.74) is 0.536. The zero-order valence-corrected chi connectivity index (χ0v) is 16.8. The summed E-state index contributed by atoms with van der Waals surface area (Å²) in [7, 11) is 0. The summed E-state index contributed by atoms with van der Waals surface area (Å²) in [6, 6.07) is 9.33. The highest BCUT2D eigenvalue weighted by Gasteiger charge is 2.32. The van der Waals surface area contributed by atoms with Crippen LogP contribution in [0.5, 0.6) is 5.75 Å². The van der Waals surface area contributed by atoms with E-state index in [-0.39, 0.29) is 29.3 Å². The fourth-order valence-electron chi connectivity index (χ4n) is 2.86. The van der Waals surface area contributed by atoms with Gasteiger partial charge in [0.1, 0.15) is 11.4 Å². The Balaban J connectivity index is 1.62. The molecule has 0 saturated carbocycles. The molecule has 0 bridgehead atoms. The fraction of sp³-hybridized carbons (Fsp3) is 0.250. The molecule has 2 amide bonds.